The first-order valence-electron chi connectivity index (χ1n) is 5.26. The quantitative estimate of drug-likeness (QED) is 0.793. The highest BCUT2D eigenvalue weighted by molar-refractivity contribution is 8.00. The maximum Gasteiger partial charge on any atom is 0.234 e. The smallest absolute Gasteiger partial charge is 0.234 e. The van der Waals surface area contributed by atoms with Crippen LogP contribution in [-0.4, -0.2) is 16.9 Å². The minimum absolute atomic E-state index is 0.0207. The maximum absolute atomic E-state index is 11.6. The molecule has 0 bridgehead atoms. The van der Waals surface area contributed by atoms with Gasteiger partial charge in [-0.3, -0.25) is 4.79 Å². The Morgan fingerprint density at radius 3 is 2.81 bits per heavy atom. The zero-order chi connectivity index (χ0) is 12.1. The number of carbonyl (C=O) groups is 1. The van der Waals surface area contributed by atoms with Crippen LogP contribution in [0.25, 0.3) is 0 Å². The number of amides is 1. The number of thioether (sulfide) groups is 1. The van der Waals surface area contributed by atoms with Crippen LogP contribution < -0.4 is 11.1 Å². The fourth-order valence-corrected chi connectivity index (χ4v) is 1.76. The fourth-order valence-electron chi connectivity index (χ4n) is 1.20. The van der Waals surface area contributed by atoms with E-state index >= 15 is 0 Å². The van der Waals surface area contributed by atoms with Crippen molar-refractivity contribution in [2.24, 2.45) is 0 Å². The van der Waals surface area contributed by atoms with Crippen LogP contribution in [0.4, 0.5) is 11.4 Å². The van der Waals surface area contributed by atoms with E-state index in [2.05, 4.69) is 19.2 Å². The predicted molar refractivity (Wildman–Crippen MR) is 71.8 cm³/mol. The van der Waals surface area contributed by atoms with Crippen LogP contribution in [0.2, 0.25) is 0 Å². The molecule has 3 nitrogen and oxygen atoms in total. The van der Waals surface area contributed by atoms with Crippen LogP contribution in [0, 0.1) is 6.92 Å². The summed E-state index contributed by atoms with van der Waals surface area (Å²) in [5, 5.41) is 3.33. The van der Waals surface area contributed by atoms with E-state index in [1.165, 1.54) is 0 Å². The molecule has 0 atom stereocenters. The highest BCUT2D eigenvalue weighted by Gasteiger charge is 2.06. The predicted octanol–water partition coefficient (Wildman–Crippen LogP) is 2.66. The topological polar surface area (TPSA) is 55.1 Å². The Morgan fingerprint density at radius 2 is 2.19 bits per heavy atom. The molecule has 1 aromatic rings. The molecule has 1 amide bonds. The van der Waals surface area contributed by atoms with Gasteiger partial charge in [0.15, 0.2) is 0 Å². The van der Waals surface area contributed by atoms with Crippen molar-refractivity contribution in [1.29, 1.82) is 0 Å². The molecular weight excluding hydrogens is 220 g/mol. The van der Waals surface area contributed by atoms with Crippen molar-refractivity contribution < 1.29 is 4.79 Å². The van der Waals surface area contributed by atoms with Gasteiger partial charge in [0.25, 0.3) is 0 Å². The maximum atomic E-state index is 11.6. The zero-order valence-corrected chi connectivity index (χ0v) is 10.7. The summed E-state index contributed by atoms with van der Waals surface area (Å²) < 4.78 is 0. The third-order valence-corrected chi connectivity index (χ3v) is 3.18. The average Bonchev–Trinajstić information content (AvgIpc) is 2.20. The summed E-state index contributed by atoms with van der Waals surface area (Å²) in [7, 11) is 0. The summed E-state index contributed by atoms with van der Waals surface area (Å²) >= 11 is 1.63. The van der Waals surface area contributed by atoms with Crippen LogP contribution in [0.3, 0.4) is 0 Å². The third kappa shape index (κ3) is 4.14. The number of nitrogens with one attached hydrogen (secondary N) is 1. The summed E-state index contributed by atoms with van der Waals surface area (Å²) in [5.41, 5.74) is 8.16. The van der Waals surface area contributed by atoms with Crippen LogP contribution in [0.15, 0.2) is 18.2 Å². The molecule has 0 aliphatic rings. The number of nitrogen functional groups attached to an aromatic ring is 1. The number of nitrogens with two attached hydrogens (primary N) is 1. The van der Waals surface area contributed by atoms with E-state index in [1.807, 2.05) is 19.1 Å². The van der Waals surface area contributed by atoms with Gasteiger partial charge in [-0.15, -0.1) is 11.8 Å². The van der Waals surface area contributed by atoms with Crippen molar-refractivity contribution in [3.63, 3.8) is 0 Å². The Kier molecular flexibility index (Phi) is 4.68. The fraction of sp³-hybridized carbons (Fsp3) is 0.417. The van der Waals surface area contributed by atoms with E-state index in [1.54, 1.807) is 17.8 Å². The monoisotopic (exact) mass is 238 g/mol. The van der Waals surface area contributed by atoms with Crippen molar-refractivity contribution in [2.45, 2.75) is 26.0 Å². The first kappa shape index (κ1) is 12.9. The number of rotatable bonds is 4. The lowest BCUT2D eigenvalue weighted by molar-refractivity contribution is -0.113. The van der Waals surface area contributed by atoms with E-state index in [-0.39, 0.29) is 5.91 Å². The molecule has 4 heteroatoms. The molecular formula is C12H18N2OS. The third-order valence-electron chi connectivity index (χ3n) is 2.08. The molecule has 1 aromatic carbocycles. The molecule has 0 spiro atoms. The number of hydrogen-bond donors (Lipinski definition) is 2. The Morgan fingerprint density at radius 1 is 1.50 bits per heavy atom. The first-order valence-corrected chi connectivity index (χ1v) is 6.31. The molecule has 0 aliphatic carbocycles. The number of benzene rings is 1. The van der Waals surface area contributed by atoms with E-state index in [9.17, 15) is 4.79 Å². The Labute approximate surface area is 101 Å². The molecule has 0 radical (unpaired) electrons. The normalized spacial score (nSPS) is 10.5. The van der Waals surface area contributed by atoms with Crippen molar-refractivity contribution in [1.82, 2.24) is 0 Å². The molecule has 3 N–H and O–H groups in total. The lowest BCUT2D eigenvalue weighted by Crippen LogP contribution is -2.16. The van der Waals surface area contributed by atoms with Gasteiger partial charge in [0, 0.05) is 11.4 Å². The van der Waals surface area contributed by atoms with Gasteiger partial charge in [0.1, 0.15) is 0 Å². The van der Waals surface area contributed by atoms with Gasteiger partial charge >= 0.3 is 0 Å². The Hall–Kier alpha value is -1.16. The van der Waals surface area contributed by atoms with Gasteiger partial charge < -0.3 is 11.1 Å². The zero-order valence-electron chi connectivity index (χ0n) is 9.91. The second kappa shape index (κ2) is 5.80. The van der Waals surface area contributed by atoms with Crippen molar-refractivity contribution in [3.8, 4) is 0 Å². The standard InChI is InChI=1S/C12H18N2OS/c1-8(2)16-7-12(15)14-11-6-10(13)5-4-9(11)3/h4-6,8H,7,13H2,1-3H3,(H,14,15). The van der Waals surface area contributed by atoms with E-state index < -0.39 is 0 Å². The summed E-state index contributed by atoms with van der Waals surface area (Å²) in [5.74, 6) is 0.499. The molecule has 0 saturated carbocycles. The first-order chi connectivity index (χ1) is 7.49. The van der Waals surface area contributed by atoms with Gasteiger partial charge in [-0.25, -0.2) is 0 Å². The van der Waals surface area contributed by atoms with E-state index in [4.69, 9.17) is 5.73 Å². The van der Waals surface area contributed by atoms with Crippen molar-refractivity contribution in [2.75, 3.05) is 16.8 Å². The molecule has 1 rings (SSSR count). The number of aryl methyl sites for hydroxylation is 1. The molecule has 0 aromatic heterocycles. The van der Waals surface area contributed by atoms with Gasteiger partial charge in [-0.05, 0) is 29.9 Å². The summed E-state index contributed by atoms with van der Waals surface area (Å²) in [4.78, 5) is 11.6. The minimum atomic E-state index is 0.0207. The Balaban J connectivity index is 2.59. The highest BCUT2D eigenvalue weighted by Crippen LogP contribution is 2.18. The number of hydrogen-bond acceptors (Lipinski definition) is 3. The Bertz CT molecular complexity index is 377. The SMILES string of the molecule is Cc1ccc(N)cc1NC(=O)CSC(C)C. The van der Waals surface area contributed by atoms with Gasteiger partial charge in [0.2, 0.25) is 5.91 Å². The van der Waals surface area contributed by atoms with E-state index in [0.29, 0.717) is 16.7 Å². The van der Waals surface area contributed by atoms with Crippen LogP contribution in [0.1, 0.15) is 19.4 Å². The van der Waals surface area contributed by atoms with Crippen molar-refractivity contribution in [3.05, 3.63) is 23.8 Å². The highest BCUT2D eigenvalue weighted by atomic mass is 32.2. The van der Waals surface area contributed by atoms with E-state index in [0.717, 1.165) is 11.3 Å². The largest absolute Gasteiger partial charge is 0.399 e. The summed E-state index contributed by atoms with van der Waals surface area (Å²) in [6.45, 7) is 6.10. The second-order valence-electron chi connectivity index (χ2n) is 3.98. The minimum Gasteiger partial charge on any atom is -0.399 e. The van der Waals surface area contributed by atoms with Gasteiger partial charge in [-0.1, -0.05) is 19.9 Å². The lowest BCUT2D eigenvalue weighted by Gasteiger charge is -2.09. The second-order valence-corrected chi connectivity index (χ2v) is 5.55. The van der Waals surface area contributed by atoms with Crippen LogP contribution in [0.5, 0.6) is 0 Å². The molecule has 16 heavy (non-hydrogen) atoms. The average molecular weight is 238 g/mol. The molecule has 88 valence electrons. The molecule has 0 saturated heterocycles. The molecule has 0 unspecified atom stereocenters. The molecule has 0 fully saturated rings. The summed E-state index contributed by atoms with van der Waals surface area (Å²) in [6.07, 6.45) is 0. The van der Waals surface area contributed by atoms with Gasteiger partial charge in [0.05, 0.1) is 5.75 Å². The lowest BCUT2D eigenvalue weighted by atomic mass is 10.2. The van der Waals surface area contributed by atoms with Crippen molar-refractivity contribution >= 4 is 29.0 Å². The molecule has 0 heterocycles. The number of anilines is 2. The van der Waals surface area contributed by atoms with Crippen LogP contribution in [-0.2, 0) is 4.79 Å². The van der Waals surface area contributed by atoms with Gasteiger partial charge in [-0.2, -0.15) is 0 Å². The summed E-state index contributed by atoms with van der Waals surface area (Å²) in [6, 6.07) is 5.52. The van der Waals surface area contributed by atoms with Crippen LogP contribution >= 0.6 is 11.8 Å². The number of carbonyl (C=O) groups excluding carboxylic acids is 1. The molecule has 0 aliphatic heterocycles.